The van der Waals surface area contributed by atoms with Gasteiger partial charge in [-0.2, -0.15) is 0 Å². The number of nitrogens with two attached hydrogens (primary N) is 1. The van der Waals surface area contributed by atoms with Crippen LogP contribution in [-0.2, 0) is 0 Å². The molecule has 2 aromatic rings. The van der Waals surface area contributed by atoms with Crippen LogP contribution < -0.4 is 5.73 Å². The van der Waals surface area contributed by atoms with Gasteiger partial charge in [-0.05, 0) is 6.92 Å². The predicted octanol–water partition coefficient (Wildman–Crippen LogP) is 0.0149. The average Bonchev–Trinajstić information content (AvgIpc) is 2.45. The first-order valence-electron chi connectivity index (χ1n) is 3.19. The van der Waals surface area contributed by atoms with Crippen molar-refractivity contribution in [1.29, 1.82) is 0 Å². The molecular formula is C6H7N5. The second kappa shape index (κ2) is 1.91. The molecule has 0 saturated carbocycles. The largest absolute Gasteiger partial charge is 0.383 e. The molecule has 2 aromatic heterocycles. The van der Waals surface area contributed by atoms with Crippen molar-refractivity contribution >= 4 is 11.5 Å². The second-order valence-corrected chi connectivity index (χ2v) is 2.32. The summed E-state index contributed by atoms with van der Waals surface area (Å²) in [5.41, 5.74) is 7.18. The fraction of sp³-hybridized carbons (Fsp3) is 0.167. The van der Waals surface area contributed by atoms with E-state index in [2.05, 4.69) is 15.2 Å². The van der Waals surface area contributed by atoms with Crippen LogP contribution in [0.4, 0.5) is 5.82 Å². The van der Waals surface area contributed by atoms with E-state index in [1.807, 2.05) is 6.92 Å². The van der Waals surface area contributed by atoms with Gasteiger partial charge in [0.15, 0.2) is 5.65 Å². The lowest BCUT2D eigenvalue weighted by Gasteiger charge is -1.97. The fourth-order valence-corrected chi connectivity index (χ4v) is 0.931. The maximum absolute atomic E-state index is 5.55. The molecule has 0 aliphatic heterocycles. The van der Waals surface area contributed by atoms with E-state index < -0.39 is 0 Å². The Hall–Kier alpha value is -1.65. The molecule has 0 spiro atoms. The number of aryl methyl sites for hydroxylation is 1. The summed E-state index contributed by atoms with van der Waals surface area (Å²) in [5.74, 6) is 0.505. The first kappa shape index (κ1) is 6.09. The standard InChI is InChI=1S/C6H7N5/c1-4-5(7)8-2-11-3-9-10-6(4)11/h2-3H,7H2,1H3. The minimum absolute atomic E-state index is 0.505. The minimum Gasteiger partial charge on any atom is -0.383 e. The van der Waals surface area contributed by atoms with Gasteiger partial charge in [-0.15, -0.1) is 10.2 Å². The number of anilines is 1. The summed E-state index contributed by atoms with van der Waals surface area (Å²) in [4.78, 5) is 3.94. The third kappa shape index (κ3) is 0.739. The SMILES string of the molecule is Cc1c(N)ncn2cnnc12. The summed E-state index contributed by atoms with van der Waals surface area (Å²) in [6, 6.07) is 0. The predicted molar refractivity (Wildman–Crippen MR) is 39.9 cm³/mol. The first-order chi connectivity index (χ1) is 5.29. The third-order valence-electron chi connectivity index (χ3n) is 1.61. The van der Waals surface area contributed by atoms with Crippen molar-refractivity contribution in [2.24, 2.45) is 0 Å². The van der Waals surface area contributed by atoms with E-state index in [0.717, 1.165) is 11.2 Å². The molecule has 5 nitrogen and oxygen atoms in total. The molecule has 2 heterocycles. The normalized spacial score (nSPS) is 10.6. The average molecular weight is 149 g/mol. The molecule has 0 fully saturated rings. The maximum atomic E-state index is 5.55. The molecule has 11 heavy (non-hydrogen) atoms. The molecule has 0 unspecified atom stereocenters. The van der Waals surface area contributed by atoms with Crippen LogP contribution in [0.3, 0.4) is 0 Å². The van der Waals surface area contributed by atoms with Gasteiger partial charge in [0.1, 0.15) is 18.5 Å². The quantitative estimate of drug-likeness (QED) is 0.573. The molecule has 0 amide bonds. The highest BCUT2D eigenvalue weighted by Crippen LogP contribution is 2.10. The molecule has 0 radical (unpaired) electrons. The van der Waals surface area contributed by atoms with Crippen LogP contribution in [0.5, 0.6) is 0 Å². The van der Waals surface area contributed by atoms with Gasteiger partial charge in [0.05, 0.1) is 0 Å². The Labute approximate surface area is 62.9 Å². The van der Waals surface area contributed by atoms with Crippen LogP contribution in [0.1, 0.15) is 5.56 Å². The molecule has 0 atom stereocenters. The van der Waals surface area contributed by atoms with E-state index in [0.29, 0.717) is 5.82 Å². The number of nitrogens with zero attached hydrogens (tertiary/aromatic N) is 4. The number of hydrogen-bond donors (Lipinski definition) is 1. The van der Waals surface area contributed by atoms with Crippen molar-refractivity contribution in [3.05, 3.63) is 18.2 Å². The lowest BCUT2D eigenvalue weighted by Crippen LogP contribution is -1.97. The van der Waals surface area contributed by atoms with E-state index in [-0.39, 0.29) is 0 Å². The molecule has 5 heteroatoms. The van der Waals surface area contributed by atoms with Crippen molar-refractivity contribution in [3.63, 3.8) is 0 Å². The van der Waals surface area contributed by atoms with Crippen molar-refractivity contribution in [2.75, 3.05) is 5.73 Å². The van der Waals surface area contributed by atoms with Crippen molar-refractivity contribution < 1.29 is 0 Å². The van der Waals surface area contributed by atoms with Crippen LogP contribution in [-0.4, -0.2) is 19.6 Å². The molecule has 0 bridgehead atoms. The van der Waals surface area contributed by atoms with E-state index in [1.54, 1.807) is 17.1 Å². The van der Waals surface area contributed by atoms with Gasteiger partial charge in [0.2, 0.25) is 0 Å². The number of aromatic nitrogens is 4. The zero-order chi connectivity index (χ0) is 7.84. The van der Waals surface area contributed by atoms with Crippen molar-refractivity contribution in [2.45, 2.75) is 6.92 Å². The fourth-order valence-electron chi connectivity index (χ4n) is 0.931. The van der Waals surface area contributed by atoms with E-state index in [9.17, 15) is 0 Å². The lowest BCUT2D eigenvalue weighted by molar-refractivity contribution is 1.06. The number of hydrogen-bond acceptors (Lipinski definition) is 4. The number of nitrogen functional groups attached to an aromatic ring is 1. The van der Waals surface area contributed by atoms with E-state index in [1.165, 1.54) is 0 Å². The van der Waals surface area contributed by atoms with Gasteiger partial charge in [0.25, 0.3) is 0 Å². The molecule has 0 aliphatic carbocycles. The van der Waals surface area contributed by atoms with Crippen LogP contribution >= 0.6 is 0 Å². The topological polar surface area (TPSA) is 69.1 Å². The smallest absolute Gasteiger partial charge is 0.168 e. The Morgan fingerprint density at radius 2 is 2.27 bits per heavy atom. The van der Waals surface area contributed by atoms with E-state index >= 15 is 0 Å². The van der Waals surface area contributed by atoms with Crippen LogP contribution in [0.2, 0.25) is 0 Å². The summed E-state index contributed by atoms with van der Waals surface area (Å²) in [6.45, 7) is 1.87. The Balaban J connectivity index is 2.93. The molecule has 0 aromatic carbocycles. The molecule has 0 saturated heterocycles. The van der Waals surface area contributed by atoms with Gasteiger partial charge in [-0.1, -0.05) is 0 Å². The highest BCUT2D eigenvalue weighted by atomic mass is 15.2. The van der Waals surface area contributed by atoms with E-state index in [4.69, 9.17) is 5.73 Å². The number of fused-ring (bicyclic) bond motifs is 1. The van der Waals surface area contributed by atoms with Gasteiger partial charge < -0.3 is 5.73 Å². The summed E-state index contributed by atoms with van der Waals surface area (Å²) in [5, 5.41) is 7.59. The molecule has 2 rings (SSSR count). The van der Waals surface area contributed by atoms with Crippen LogP contribution in [0, 0.1) is 6.92 Å². The lowest BCUT2D eigenvalue weighted by atomic mass is 10.3. The summed E-state index contributed by atoms with van der Waals surface area (Å²) in [7, 11) is 0. The second-order valence-electron chi connectivity index (χ2n) is 2.32. The molecular weight excluding hydrogens is 142 g/mol. The van der Waals surface area contributed by atoms with Crippen LogP contribution in [0.25, 0.3) is 5.65 Å². The summed E-state index contributed by atoms with van der Waals surface area (Å²) in [6.07, 6.45) is 3.19. The Bertz CT molecular complexity index is 391. The summed E-state index contributed by atoms with van der Waals surface area (Å²) < 4.78 is 1.73. The monoisotopic (exact) mass is 149 g/mol. The van der Waals surface area contributed by atoms with Gasteiger partial charge in [-0.25, -0.2) is 4.98 Å². The van der Waals surface area contributed by atoms with Crippen molar-refractivity contribution in [1.82, 2.24) is 19.6 Å². The highest BCUT2D eigenvalue weighted by Gasteiger charge is 2.02. The molecule has 0 aliphatic rings. The van der Waals surface area contributed by atoms with Gasteiger partial charge in [0, 0.05) is 5.56 Å². The number of rotatable bonds is 0. The van der Waals surface area contributed by atoms with Gasteiger partial charge >= 0.3 is 0 Å². The summed E-state index contributed by atoms with van der Waals surface area (Å²) >= 11 is 0. The third-order valence-corrected chi connectivity index (χ3v) is 1.61. The highest BCUT2D eigenvalue weighted by molar-refractivity contribution is 5.55. The minimum atomic E-state index is 0.505. The Kier molecular flexibility index (Phi) is 1.06. The maximum Gasteiger partial charge on any atom is 0.168 e. The zero-order valence-electron chi connectivity index (χ0n) is 6.02. The first-order valence-corrected chi connectivity index (χ1v) is 3.19. The molecule has 2 N–H and O–H groups in total. The Morgan fingerprint density at radius 3 is 3.09 bits per heavy atom. The zero-order valence-corrected chi connectivity index (χ0v) is 6.02. The molecule has 56 valence electrons. The van der Waals surface area contributed by atoms with Gasteiger partial charge in [-0.3, -0.25) is 4.40 Å². The van der Waals surface area contributed by atoms with Crippen molar-refractivity contribution in [3.8, 4) is 0 Å². The van der Waals surface area contributed by atoms with Crippen LogP contribution in [0.15, 0.2) is 12.7 Å². The Morgan fingerprint density at radius 1 is 1.45 bits per heavy atom.